The molecule has 0 saturated heterocycles. The number of aliphatic hydroxyl groups is 2. The van der Waals surface area contributed by atoms with Crippen molar-refractivity contribution in [3.63, 3.8) is 0 Å². The molecule has 3 N–H and O–H groups in total. The highest BCUT2D eigenvalue weighted by Crippen LogP contribution is 2.00. The Balaban J connectivity index is 2.72. The van der Waals surface area contributed by atoms with Gasteiger partial charge in [0.15, 0.2) is 0 Å². The van der Waals surface area contributed by atoms with Gasteiger partial charge in [0.25, 0.3) is 0 Å². The molecule has 96 valence electrons. The van der Waals surface area contributed by atoms with E-state index in [4.69, 9.17) is 0 Å². The summed E-state index contributed by atoms with van der Waals surface area (Å²) in [6, 6.07) is 10.0. The smallest absolute Gasteiger partial charge is 0.131 e. The molecule has 2 unspecified atom stereocenters. The second kappa shape index (κ2) is 7.43. The first kappa shape index (κ1) is 14.2. The summed E-state index contributed by atoms with van der Waals surface area (Å²) in [4.78, 5) is 1.15. The molecule has 2 atom stereocenters. The predicted octanol–water partition coefficient (Wildman–Crippen LogP) is 0.745. The number of hydrogen-bond donors (Lipinski definition) is 3. The van der Waals surface area contributed by atoms with E-state index in [1.165, 1.54) is 0 Å². The van der Waals surface area contributed by atoms with Crippen LogP contribution >= 0.6 is 0 Å². The average molecular weight is 238 g/mol. The minimum Gasteiger partial charge on any atom is -0.387 e. The van der Waals surface area contributed by atoms with Crippen LogP contribution in [0.3, 0.4) is 0 Å². The highest BCUT2D eigenvalue weighted by Gasteiger charge is 2.19. The highest BCUT2D eigenvalue weighted by atomic mass is 16.3. The van der Waals surface area contributed by atoms with E-state index in [0.29, 0.717) is 13.1 Å². The zero-order valence-electron chi connectivity index (χ0n) is 10.8. The summed E-state index contributed by atoms with van der Waals surface area (Å²) in [7, 11) is 0. The Morgan fingerprint density at radius 1 is 0.941 bits per heavy atom. The maximum atomic E-state index is 9.77. The molecule has 1 rings (SSSR count). The third-order valence-electron chi connectivity index (χ3n) is 3.09. The summed E-state index contributed by atoms with van der Waals surface area (Å²) >= 11 is 0. The molecule has 0 bridgehead atoms. The van der Waals surface area contributed by atoms with Gasteiger partial charge in [-0.15, -0.1) is 0 Å². The first-order chi connectivity index (χ1) is 8.17. The van der Waals surface area contributed by atoms with Gasteiger partial charge in [-0.05, 0) is 25.0 Å². The van der Waals surface area contributed by atoms with E-state index in [2.05, 4.69) is 0 Å². The first-order valence-electron chi connectivity index (χ1n) is 6.43. The molecule has 3 nitrogen and oxygen atoms in total. The van der Waals surface area contributed by atoms with Gasteiger partial charge >= 0.3 is 0 Å². The third kappa shape index (κ3) is 4.86. The molecular weight excluding hydrogens is 214 g/mol. The van der Waals surface area contributed by atoms with E-state index >= 15 is 0 Å². The zero-order chi connectivity index (χ0) is 12.7. The van der Waals surface area contributed by atoms with Crippen LogP contribution in [0.1, 0.15) is 26.7 Å². The Morgan fingerprint density at radius 3 is 1.82 bits per heavy atom. The lowest BCUT2D eigenvalue weighted by atomic mass is 10.2. The number of hydrogen-bond acceptors (Lipinski definition) is 2. The largest absolute Gasteiger partial charge is 0.387 e. The van der Waals surface area contributed by atoms with Crippen molar-refractivity contribution in [3.05, 3.63) is 30.3 Å². The Morgan fingerprint density at radius 2 is 1.41 bits per heavy atom. The van der Waals surface area contributed by atoms with E-state index < -0.39 is 0 Å². The van der Waals surface area contributed by atoms with Gasteiger partial charge in [-0.25, -0.2) is 0 Å². The van der Waals surface area contributed by atoms with E-state index in [9.17, 15) is 10.2 Å². The molecule has 0 aliphatic rings. The molecule has 0 fully saturated rings. The van der Waals surface area contributed by atoms with Crippen LogP contribution in [0.2, 0.25) is 0 Å². The third-order valence-corrected chi connectivity index (χ3v) is 3.09. The van der Waals surface area contributed by atoms with Crippen LogP contribution in [0, 0.1) is 0 Å². The summed E-state index contributed by atoms with van der Waals surface area (Å²) in [6.07, 6.45) is 0.875. The molecule has 1 aromatic carbocycles. The molecule has 0 radical (unpaired) electrons. The van der Waals surface area contributed by atoms with Gasteiger partial charge in [0.2, 0.25) is 0 Å². The number of rotatable bonds is 7. The van der Waals surface area contributed by atoms with Crippen molar-refractivity contribution >= 4 is 5.69 Å². The molecule has 0 heterocycles. The van der Waals surface area contributed by atoms with Gasteiger partial charge in [0, 0.05) is 0 Å². The van der Waals surface area contributed by atoms with Gasteiger partial charge < -0.3 is 10.2 Å². The molecular formula is C14H24NO2+. The van der Waals surface area contributed by atoms with E-state index in [1.54, 1.807) is 0 Å². The Hall–Kier alpha value is -0.900. The number of nitrogens with one attached hydrogen (secondary N) is 1. The number of benzene rings is 1. The lowest BCUT2D eigenvalue weighted by Crippen LogP contribution is -3.09. The van der Waals surface area contributed by atoms with Gasteiger partial charge in [0.05, 0.1) is 0 Å². The van der Waals surface area contributed by atoms with E-state index in [1.807, 2.05) is 44.2 Å². The first-order valence-corrected chi connectivity index (χ1v) is 6.43. The topological polar surface area (TPSA) is 44.9 Å². The summed E-state index contributed by atoms with van der Waals surface area (Å²) in [5.41, 5.74) is 1.13. The lowest BCUT2D eigenvalue weighted by Gasteiger charge is -2.23. The molecule has 1 aromatic rings. The van der Waals surface area contributed by atoms with Crippen molar-refractivity contribution in [2.24, 2.45) is 0 Å². The Kier molecular flexibility index (Phi) is 6.19. The number of aliphatic hydroxyl groups excluding tert-OH is 2. The quantitative estimate of drug-likeness (QED) is 0.656. The van der Waals surface area contributed by atoms with Crippen molar-refractivity contribution < 1.29 is 15.1 Å². The zero-order valence-corrected chi connectivity index (χ0v) is 10.8. The van der Waals surface area contributed by atoms with Crippen molar-refractivity contribution in [2.45, 2.75) is 38.9 Å². The molecule has 0 aromatic heterocycles. The lowest BCUT2D eigenvalue weighted by molar-refractivity contribution is -0.840. The minimum absolute atomic E-state index is 0.311. The van der Waals surface area contributed by atoms with Gasteiger partial charge in [0.1, 0.15) is 31.0 Å². The fraction of sp³-hybridized carbons (Fsp3) is 0.571. The van der Waals surface area contributed by atoms with Crippen LogP contribution in [0.4, 0.5) is 5.69 Å². The number of para-hydroxylation sites is 1. The van der Waals surface area contributed by atoms with Gasteiger partial charge in [-0.3, -0.25) is 4.90 Å². The molecule has 0 aliphatic carbocycles. The van der Waals surface area contributed by atoms with Crippen LogP contribution in [-0.4, -0.2) is 35.5 Å². The van der Waals surface area contributed by atoms with Crippen molar-refractivity contribution in [3.8, 4) is 0 Å². The number of quaternary nitrogens is 1. The second-order valence-corrected chi connectivity index (χ2v) is 4.50. The van der Waals surface area contributed by atoms with Gasteiger partial charge in [-0.2, -0.15) is 0 Å². The maximum absolute atomic E-state index is 9.77. The standard InChI is InChI=1S/C14H23NO2/c1-3-13(16)10-15(11-14(17)4-2)12-8-6-5-7-9-12/h5-9,13-14,16-17H,3-4,10-11H2,1-2H3/p+1. The van der Waals surface area contributed by atoms with Crippen LogP contribution in [0.25, 0.3) is 0 Å². The van der Waals surface area contributed by atoms with Crippen LogP contribution in [0.5, 0.6) is 0 Å². The Bertz CT molecular complexity index is 290. The highest BCUT2D eigenvalue weighted by molar-refractivity contribution is 5.27. The maximum Gasteiger partial charge on any atom is 0.131 e. The monoisotopic (exact) mass is 238 g/mol. The van der Waals surface area contributed by atoms with Crippen LogP contribution in [0.15, 0.2) is 30.3 Å². The molecule has 0 spiro atoms. The van der Waals surface area contributed by atoms with Crippen LogP contribution in [-0.2, 0) is 0 Å². The van der Waals surface area contributed by atoms with Gasteiger partial charge in [-0.1, -0.05) is 32.0 Å². The van der Waals surface area contributed by atoms with Crippen LogP contribution < -0.4 is 4.90 Å². The fourth-order valence-corrected chi connectivity index (χ4v) is 1.85. The molecule has 3 heteroatoms. The van der Waals surface area contributed by atoms with Crippen molar-refractivity contribution in [2.75, 3.05) is 13.1 Å². The minimum atomic E-state index is -0.311. The molecule has 0 aliphatic heterocycles. The fourth-order valence-electron chi connectivity index (χ4n) is 1.85. The average Bonchev–Trinajstić information content (AvgIpc) is 2.38. The molecule has 17 heavy (non-hydrogen) atoms. The van der Waals surface area contributed by atoms with E-state index in [0.717, 1.165) is 23.4 Å². The normalized spacial score (nSPS) is 16.5. The Labute approximate surface area is 104 Å². The molecule has 0 amide bonds. The summed E-state index contributed by atoms with van der Waals surface area (Å²) in [5, 5.41) is 19.5. The SMILES string of the molecule is CCC(O)C[NH+](CC(O)CC)c1ccccc1. The second-order valence-electron chi connectivity index (χ2n) is 4.50. The van der Waals surface area contributed by atoms with Crippen molar-refractivity contribution in [1.82, 2.24) is 0 Å². The summed E-state index contributed by atoms with van der Waals surface area (Å²) < 4.78 is 0. The van der Waals surface area contributed by atoms with Crippen molar-refractivity contribution in [1.29, 1.82) is 0 Å². The summed E-state index contributed by atoms with van der Waals surface area (Å²) in [6.45, 7) is 5.25. The van der Waals surface area contributed by atoms with E-state index in [-0.39, 0.29) is 12.2 Å². The predicted molar refractivity (Wildman–Crippen MR) is 69.4 cm³/mol. The summed E-state index contributed by atoms with van der Waals surface area (Å²) in [5.74, 6) is 0. The molecule has 0 saturated carbocycles.